The van der Waals surface area contributed by atoms with Gasteiger partial charge in [0.2, 0.25) is 5.91 Å². The maximum atomic E-state index is 12.7. The van der Waals surface area contributed by atoms with E-state index in [0.29, 0.717) is 18.8 Å². The van der Waals surface area contributed by atoms with Crippen molar-refractivity contribution in [3.05, 3.63) is 29.3 Å². The molecule has 1 fully saturated rings. The number of likely N-dealkylation sites (tertiary alicyclic amines) is 1. The number of anilines is 1. The minimum absolute atomic E-state index is 0.0451. The summed E-state index contributed by atoms with van der Waals surface area (Å²) in [5.74, 6) is 0.0451. The van der Waals surface area contributed by atoms with Crippen molar-refractivity contribution in [1.29, 1.82) is 0 Å². The van der Waals surface area contributed by atoms with Crippen LogP contribution in [-0.4, -0.2) is 29.9 Å². The normalized spacial score (nSPS) is 16.9. The van der Waals surface area contributed by atoms with Crippen molar-refractivity contribution >= 4 is 11.6 Å². The lowest BCUT2D eigenvalue weighted by Gasteiger charge is -2.32. The van der Waals surface area contributed by atoms with Crippen LogP contribution in [0.25, 0.3) is 0 Å². The average Bonchev–Trinajstić information content (AvgIpc) is 2.40. The molecule has 2 rings (SSSR count). The van der Waals surface area contributed by atoms with Crippen molar-refractivity contribution in [2.24, 2.45) is 0 Å². The first kappa shape index (κ1) is 15.7. The summed E-state index contributed by atoms with van der Waals surface area (Å²) < 4.78 is 38.2. The van der Waals surface area contributed by atoms with Crippen molar-refractivity contribution in [1.82, 2.24) is 4.90 Å². The van der Waals surface area contributed by atoms with Crippen molar-refractivity contribution in [3.8, 4) is 0 Å². The molecule has 1 saturated heterocycles. The molecule has 116 valence electrons. The van der Waals surface area contributed by atoms with Crippen LogP contribution in [0.5, 0.6) is 0 Å². The number of aryl methyl sites for hydroxylation is 1. The number of carbonyl (C=O) groups is 1. The molecule has 21 heavy (non-hydrogen) atoms. The Bertz CT molecular complexity index is 520. The summed E-state index contributed by atoms with van der Waals surface area (Å²) in [5.41, 5.74) is 0.667. The first-order valence-corrected chi connectivity index (χ1v) is 6.97. The van der Waals surface area contributed by atoms with E-state index in [9.17, 15) is 18.0 Å². The minimum atomic E-state index is -4.33. The monoisotopic (exact) mass is 300 g/mol. The first-order chi connectivity index (χ1) is 9.77. The van der Waals surface area contributed by atoms with Gasteiger partial charge in [-0.1, -0.05) is 6.07 Å². The highest BCUT2D eigenvalue weighted by Gasteiger charge is 2.31. The van der Waals surface area contributed by atoms with E-state index in [-0.39, 0.29) is 11.9 Å². The smallest absolute Gasteiger partial charge is 0.382 e. The van der Waals surface area contributed by atoms with Gasteiger partial charge in [-0.2, -0.15) is 13.2 Å². The number of amides is 1. The molecule has 1 N–H and O–H groups in total. The van der Waals surface area contributed by atoms with Gasteiger partial charge in [-0.3, -0.25) is 4.79 Å². The Morgan fingerprint density at radius 3 is 2.43 bits per heavy atom. The molecule has 0 unspecified atom stereocenters. The molecule has 1 amide bonds. The number of alkyl halides is 3. The SMILES string of the molecule is CC(=O)N1CCC(Nc2cc(C(F)(F)F)ccc2C)CC1. The predicted molar refractivity (Wildman–Crippen MR) is 75.1 cm³/mol. The van der Waals surface area contributed by atoms with Crippen molar-refractivity contribution in [2.45, 2.75) is 38.9 Å². The molecule has 3 nitrogen and oxygen atoms in total. The van der Waals surface area contributed by atoms with Gasteiger partial charge in [0, 0.05) is 31.7 Å². The third kappa shape index (κ3) is 3.89. The van der Waals surface area contributed by atoms with Crippen LogP contribution < -0.4 is 5.32 Å². The topological polar surface area (TPSA) is 32.3 Å². The second kappa shape index (κ2) is 5.95. The Kier molecular flexibility index (Phi) is 4.44. The highest BCUT2D eigenvalue weighted by atomic mass is 19.4. The van der Waals surface area contributed by atoms with Crippen LogP contribution in [0.3, 0.4) is 0 Å². The molecule has 0 aliphatic carbocycles. The zero-order valence-electron chi connectivity index (χ0n) is 12.1. The number of nitrogens with one attached hydrogen (secondary N) is 1. The fraction of sp³-hybridized carbons (Fsp3) is 0.533. The number of piperidine rings is 1. The second-order valence-corrected chi connectivity index (χ2v) is 5.45. The maximum Gasteiger partial charge on any atom is 0.416 e. The molecule has 1 heterocycles. The van der Waals surface area contributed by atoms with Gasteiger partial charge in [0.1, 0.15) is 0 Å². The van der Waals surface area contributed by atoms with Crippen LogP contribution in [-0.2, 0) is 11.0 Å². The molecule has 6 heteroatoms. The first-order valence-electron chi connectivity index (χ1n) is 6.97. The number of hydrogen-bond donors (Lipinski definition) is 1. The van der Waals surface area contributed by atoms with Crippen molar-refractivity contribution in [2.75, 3.05) is 18.4 Å². The molecule has 1 aromatic rings. The number of carbonyl (C=O) groups excluding carboxylic acids is 1. The zero-order valence-corrected chi connectivity index (χ0v) is 12.1. The van der Waals surface area contributed by atoms with Gasteiger partial charge < -0.3 is 10.2 Å². The van der Waals surface area contributed by atoms with E-state index in [1.54, 1.807) is 11.8 Å². The zero-order chi connectivity index (χ0) is 15.6. The van der Waals surface area contributed by atoms with E-state index >= 15 is 0 Å². The number of hydrogen-bond acceptors (Lipinski definition) is 2. The molecule has 0 aromatic heterocycles. The van der Waals surface area contributed by atoms with E-state index in [4.69, 9.17) is 0 Å². The van der Waals surface area contributed by atoms with E-state index < -0.39 is 11.7 Å². The third-order valence-electron chi connectivity index (χ3n) is 3.86. The highest BCUT2D eigenvalue weighted by Crippen LogP contribution is 2.32. The summed E-state index contributed by atoms with van der Waals surface area (Å²) in [4.78, 5) is 13.0. The predicted octanol–water partition coefficient (Wildman–Crippen LogP) is 3.44. The molecule has 1 aliphatic heterocycles. The molecular formula is C15H19F3N2O. The average molecular weight is 300 g/mol. The fourth-order valence-corrected chi connectivity index (χ4v) is 2.51. The van der Waals surface area contributed by atoms with Crippen molar-refractivity contribution < 1.29 is 18.0 Å². The lowest BCUT2D eigenvalue weighted by Crippen LogP contribution is -2.41. The summed E-state index contributed by atoms with van der Waals surface area (Å²) in [5, 5.41) is 3.18. The van der Waals surface area contributed by atoms with Crippen LogP contribution >= 0.6 is 0 Å². The Hall–Kier alpha value is -1.72. The van der Waals surface area contributed by atoms with E-state index in [1.807, 2.05) is 0 Å². The van der Waals surface area contributed by atoms with Crippen LogP contribution in [0.1, 0.15) is 30.9 Å². The van der Waals surface area contributed by atoms with Gasteiger partial charge in [0.25, 0.3) is 0 Å². The van der Waals surface area contributed by atoms with Gasteiger partial charge in [-0.15, -0.1) is 0 Å². The number of rotatable bonds is 2. The molecular weight excluding hydrogens is 281 g/mol. The Balaban J connectivity index is 2.05. The van der Waals surface area contributed by atoms with Crippen LogP contribution in [0.2, 0.25) is 0 Å². The van der Waals surface area contributed by atoms with Gasteiger partial charge in [0.15, 0.2) is 0 Å². The second-order valence-electron chi connectivity index (χ2n) is 5.45. The number of benzene rings is 1. The van der Waals surface area contributed by atoms with E-state index in [1.165, 1.54) is 13.0 Å². The maximum absolute atomic E-state index is 12.7. The molecule has 0 radical (unpaired) electrons. The van der Waals surface area contributed by atoms with Crippen LogP contribution in [0.4, 0.5) is 18.9 Å². The van der Waals surface area contributed by atoms with E-state index in [0.717, 1.165) is 30.5 Å². The van der Waals surface area contributed by atoms with E-state index in [2.05, 4.69) is 5.32 Å². The minimum Gasteiger partial charge on any atom is -0.382 e. The molecule has 0 atom stereocenters. The fourth-order valence-electron chi connectivity index (χ4n) is 2.51. The number of halogens is 3. The largest absolute Gasteiger partial charge is 0.416 e. The molecule has 1 aromatic carbocycles. The summed E-state index contributed by atoms with van der Waals surface area (Å²) >= 11 is 0. The molecule has 0 saturated carbocycles. The highest BCUT2D eigenvalue weighted by molar-refractivity contribution is 5.73. The molecule has 0 bridgehead atoms. The van der Waals surface area contributed by atoms with Crippen molar-refractivity contribution in [3.63, 3.8) is 0 Å². The van der Waals surface area contributed by atoms with Gasteiger partial charge >= 0.3 is 6.18 Å². The summed E-state index contributed by atoms with van der Waals surface area (Å²) in [6.45, 7) is 4.61. The van der Waals surface area contributed by atoms with Crippen LogP contribution in [0, 0.1) is 6.92 Å². The Morgan fingerprint density at radius 2 is 1.90 bits per heavy atom. The summed E-state index contributed by atoms with van der Waals surface area (Å²) in [6.07, 6.45) is -2.84. The molecule has 0 spiro atoms. The number of nitrogens with zero attached hydrogens (tertiary/aromatic N) is 1. The molecule has 1 aliphatic rings. The third-order valence-corrected chi connectivity index (χ3v) is 3.86. The van der Waals surface area contributed by atoms with Gasteiger partial charge in [0.05, 0.1) is 5.56 Å². The standard InChI is InChI=1S/C15H19F3N2O/c1-10-3-4-12(15(16,17)18)9-14(10)19-13-5-7-20(8-6-13)11(2)21/h3-4,9,13,19H,5-8H2,1-2H3. The summed E-state index contributed by atoms with van der Waals surface area (Å²) in [7, 11) is 0. The Labute approximate surface area is 122 Å². The summed E-state index contributed by atoms with van der Waals surface area (Å²) in [6, 6.07) is 3.84. The van der Waals surface area contributed by atoms with Gasteiger partial charge in [-0.05, 0) is 37.5 Å². The van der Waals surface area contributed by atoms with Crippen LogP contribution in [0.15, 0.2) is 18.2 Å². The Morgan fingerprint density at radius 1 is 1.29 bits per heavy atom. The van der Waals surface area contributed by atoms with Gasteiger partial charge in [-0.25, -0.2) is 0 Å². The lowest BCUT2D eigenvalue weighted by molar-refractivity contribution is -0.137. The quantitative estimate of drug-likeness (QED) is 0.907. The lowest BCUT2D eigenvalue weighted by atomic mass is 10.0.